The van der Waals surface area contributed by atoms with Crippen LogP contribution in [0.4, 0.5) is 0 Å². The molecule has 0 atom stereocenters. The minimum atomic E-state index is 0.00447. The first-order valence-electron chi connectivity index (χ1n) is 5.48. The van der Waals surface area contributed by atoms with Crippen LogP contribution in [-0.4, -0.2) is 20.2 Å². The van der Waals surface area contributed by atoms with E-state index in [1.807, 2.05) is 24.3 Å². The molecule has 6 heteroatoms. The van der Waals surface area contributed by atoms with E-state index in [2.05, 4.69) is 31.1 Å². The van der Waals surface area contributed by atoms with Crippen LogP contribution in [0.5, 0.6) is 5.75 Å². The maximum Gasteiger partial charge on any atom is 0.280 e. The first-order chi connectivity index (χ1) is 9.25. The molecule has 0 radical (unpaired) electrons. The van der Waals surface area contributed by atoms with Crippen molar-refractivity contribution < 1.29 is 9.63 Å². The highest BCUT2D eigenvalue weighted by molar-refractivity contribution is 9.10. The summed E-state index contributed by atoms with van der Waals surface area (Å²) >= 11 is 3.43. The Bertz CT molecular complexity index is 667. The molecule has 5 nitrogen and oxygen atoms in total. The zero-order valence-electron chi connectivity index (χ0n) is 9.62. The smallest absolute Gasteiger partial charge is 0.280 e. The molecule has 1 aromatic carbocycles. The normalized spacial score (nSPS) is 10.6. The minimum absolute atomic E-state index is 0.00447. The molecular formula is C13H8BrN3O2. The minimum Gasteiger partial charge on any atom is -0.505 e. The Labute approximate surface area is 117 Å². The molecule has 3 aromatic rings. The van der Waals surface area contributed by atoms with Crippen LogP contribution in [-0.2, 0) is 0 Å². The average Bonchev–Trinajstić information content (AvgIpc) is 2.89. The first kappa shape index (κ1) is 11.9. The van der Waals surface area contributed by atoms with Crippen molar-refractivity contribution in [2.24, 2.45) is 0 Å². The van der Waals surface area contributed by atoms with E-state index in [0.717, 1.165) is 10.0 Å². The van der Waals surface area contributed by atoms with Gasteiger partial charge in [0.2, 0.25) is 5.82 Å². The summed E-state index contributed by atoms with van der Waals surface area (Å²) in [5.74, 6) is 0.626. The third-order valence-corrected chi connectivity index (χ3v) is 3.22. The van der Waals surface area contributed by atoms with E-state index in [-0.39, 0.29) is 17.3 Å². The SMILES string of the molecule is Oc1cccnc1-c1nc(-c2ccccc2Br)no1. The molecule has 0 spiro atoms. The topological polar surface area (TPSA) is 72.0 Å². The molecule has 0 saturated heterocycles. The van der Waals surface area contributed by atoms with Gasteiger partial charge in [0.25, 0.3) is 5.89 Å². The maximum atomic E-state index is 9.70. The summed E-state index contributed by atoms with van der Waals surface area (Å²) in [6.07, 6.45) is 1.55. The van der Waals surface area contributed by atoms with Gasteiger partial charge in [-0.05, 0) is 24.3 Å². The second-order valence-electron chi connectivity index (χ2n) is 3.77. The zero-order valence-corrected chi connectivity index (χ0v) is 11.2. The van der Waals surface area contributed by atoms with Crippen LogP contribution in [0.2, 0.25) is 0 Å². The highest BCUT2D eigenvalue weighted by Gasteiger charge is 2.15. The van der Waals surface area contributed by atoms with Crippen molar-refractivity contribution in [1.29, 1.82) is 0 Å². The highest BCUT2D eigenvalue weighted by Crippen LogP contribution is 2.29. The lowest BCUT2D eigenvalue weighted by Crippen LogP contribution is -1.85. The summed E-state index contributed by atoms with van der Waals surface area (Å²) < 4.78 is 6.00. The third-order valence-electron chi connectivity index (χ3n) is 2.53. The van der Waals surface area contributed by atoms with Crippen LogP contribution in [0.1, 0.15) is 0 Å². The molecule has 0 amide bonds. The number of hydrogen-bond acceptors (Lipinski definition) is 5. The van der Waals surface area contributed by atoms with Crippen LogP contribution in [0, 0.1) is 0 Å². The Morgan fingerprint density at radius 3 is 2.74 bits per heavy atom. The Balaban J connectivity index is 2.06. The number of halogens is 1. The number of aromatic nitrogens is 3. The van der Waals surface area contributed by atoms with E-state index < -0.39 is 0 Å². The van der Waals surface area contributed by atoms with Gasteiger partial charge in [-0.2, -0.15) is 4.98 Å². The summed E-state index contributed by atoms with van der Waals surface area (Å²) in [7, 11) is 0. The molecule has 0 saturated carbocycles. The van der Waals surface area contributed by atoms with Crippen molar-refractivity contribution in [2.75, 3.05) is 0 Å². The summed E-state index contributed by atoms with van der Waals surface area (Å²) in [5.41, 5.74) is 1.08. The Morgan fingerprint density at radius 2 is 1.95 bits per heavy atom. The molecule has 0 fully saturated rings. The van der Waals surface area contributed by atoms with E-state index in [1.165, 1.54) is 6.07 Å². The monoisotopic (exact) mass is 317 g/mol. The molecule has 19 heavy (non-hydrogen) atoms. The van der Waals surface area contributed by atoms with Gasteiger partial charge in [-0.1, -0.05) is 33.2 Å². The Hall–Kier alpha value is -2.21. The molecule has 2 aromatic heterocycles. The van der Waals surface area contributed by atoms with Crippen molar-refractivity contribution in [3.8, 4) is 28.7 Å². The quantitative estimate of drug-likeness (QED) is 0.785. The van der Waals surface area contributed by atoms with Crippen LogP contribution in [0.3, 0.4) is 0 Å². The molecular weight excluding hydrogens is 310 g/mol. The number of benzene rings is 1. The average molecular weight is 318 g/mol. The fourth-order valence-electron chi connectivity index (χ4n) is 1.63. The van der Waals surface area contributed by atoms with Gasteiger partial charge < -0.3 is 9.63 Å². The van der Waals surface area contributed by atoms with Gasteiger partial charge >= 0.3 is 0 Å². The highest BCUT2D eigenvalue weighted by atomic mass is 79.9. The van der Waals surface area contributed by atoms with Crippen LogP contribution in [0.15, 0.2) is 51.6 Å². The fourth-order valence-corrected chi connectivity index (χ4v) is 2.10. The Kier molecular flexibility index (Phi) is 3.00. The van der Waals surface area contributed by atoms with Crippen LogP contribution < -0.4 is 0 Å². The lowest BCUT2D eigenvalue weighted by molar-refractivity contribution is 0.423. The van der Waals surface area contributed by atoms with Gasteiger partial charge in [-0.3, -0.25) is 0 Å². The lowest BCUT2D eigenvalue weighted by atomic mass is 10.2. The maximum absolute atomic E-state index is 9.70. The molecule has 94 valence electrons. The Morgan fingerprint density at radius 1 is 1.11 bits per heavy atom. The largest absolute Gasteiger partial charge is 0.505 e. The van der Waals surface area contributed by atoms with Gasteiger partial charge in [0.15, 0.2) is 5.69 Å². The first-order valence-corrected chi connectivity index (χ1v) is 6.28. The van der Waals surface area contributed by atoms with Crippen molar-refractivity contribution in [3.05, 3.63) is 47.1 Å². The van der Waals surface area contributed by atoms with E-state index in [0.29, 0.717) is 5.82 Å². The predicted octanol–water partition coefficient (Wildman–Crippen LogP) is 3.27. The number of hydrogen-bond donors (Lipinski definition) is 1. The number of pyridine rings is 1. The molecule has 0 aliphatic heterocycles. The van der Waals surface area contributed by atoms with Gasteiger partial charge in [0.1, 0.15) is 5.75 Å². The second-order valence-corrected chi connectivity index (χ2v) is 4.63. The van der Waals surface area contributed by atoms with Gasteiger partial charge in [-0.25, -0.2) is 4.98 Å². The molecule has 0 aliphatic rings. The van der Waals surface area contributed by atoms with Gasteiger partial charge in [0.05, 0.1) is 0 Å². The lowest BCUT2D eigenvalue weighted by Gasteiger charge is -1.97. The zero-order chi connectivity index (χ0) is 13.2. The number of rotatable bonds is 2. The summed E-state index contributed by atoms with van der Waals surface area (Å²) in [5, 5.41) is 13.6. The van der Waals surface area contributed by atoms with Gasteiger partial charge in [0, 0.05) is 16.2 Å². The molecule has 1 N–H and O–H groups in total. The third kappa shape index (κ3) is 2.22. The molecule has 0 unspecified atom stereocenters. The number of aromatic hydroxyl groups is 1. The fraction of sp³-hybridized carbons (Fsp3) is 0. The molecule has 2 heterocycles. The predicted molar refractivity (Wildman–Crippen MR) is 72.3 cm³/mol. The van der Waals surface area contributed by atoms with Crippen molar-refractivity contribution >= 4 is 15.9 Å². The number of nitrogens with zero attached hydrogens (tertiary/aromatic N) is 3. The van der Waals surface area contributed by atoms with Crippen molar-refractivity contribution in [3.63, 3.8) is 0 Å². The van der Waals surface area contributed by atoms with Crippen molar-refractivity contribution in [1.82, 2.24) is 15.1 Å². The molecule has 3 rings (SSSR count). The van der Waals surface area contributed by atoms with Crippen LogP contribution in [0.25, 0.3) is 23.0 Å². The van der Waals surface area contributed by atoms with E-state index in [1.54, 1.807) is 12.3 Å². The van der Waals surface area contributed by atoms with Crippen LogP contribution >= 0.6 is 15.9 Å². The summed E-state index contributed by atoms with van der Waals surface area (Å²) in [4.78, 5) is 8.26. The standard InChI is InChI=1S/C13H8BrN3O2/c14-9-5-2-1-4-8(9)12-16-13(19-17-12)11-10(18)6-3-7-15-11/h1-7,18H. The van der Waals surface area contributed by atoms with Crippen molar-refractivity contribution in [2.45, 2.75) is 0 Å². The van der Waals surface area contributed by atoms with E-state index in [4.69, 9.17) is 4.52 Å². The molecule has 0 bridgehead atoms. The van der Waals surface area contributed by atoms with E-state index >= 15 is 0 Å². The van der Waals surface area contributed by atoms with Gasteiger partial charge in [-0.15, -0.1) is 0 Å². The second kappa shape index (κ2) is 4.81. The molecule has 0 aliphatic carbocycles. The summed E-state index contributed by atoms with van der Waals surface area (Å²) in [6.45, 7) is 0. The summed E-state index contributed by atoms with van der Waals surface area (Å²) in [6, 6.07) is 10.7. The van der Waals surface area contributed by atoms with E-state index in [9.17, 15) is 5.11 Å².